The zero-order valence-corrected chi connectivity index (χ0v) is 17.1. The molecule has 0 aromatic heterocycles. The summed E-state index contributed by atoms with van der Waals surface area (Å²) in [4.78, 5) is 11.9. The molecule has 0 fully saturated rings. The fourth-order valence-corrected chi connectivity index (χ4v) is 3.47. The minimum Gasteiger partial charge on any atom is -0.493 e. The van der Waals surface area contributed by atoms with Crippen LogP contribution in [-0.2, 0) is 14.8 Å². The zero-order valence-electron chi connectivity index (χ0n) is 16.3. The van der Waals surface area contributed by atoms with Gasteiger partial charge in [0.1, 0.15) is 5.60 Å². The molecule has 0 unspecified atom stereocenters. The van der Waals surface area contributed by atoms with Crippen molar-refractivity contribution in [3.63, 3.8) is 0 Å². The van der Waals surface area contributed by atoms with E-state index in [1.54, 1.807) is 27.7 Å². The SMILES string of the molecule is COc1ccc(S(=O)(=O)N(C)C[C@H](C)NC(=O)OC(C)(C)C)cc1OC. The highest BCUT2D eigenvalue weighted by atomic mass is 32.2. The number of methoxy groups -OCH3 is 2. The van der Waals surface area contributed by atoms with Crippen LogP contribution in [-0.4, -0.2) is 58.3 Å². The fraction of sp³-hybridized carbons (Fsp3) is 0.588. The van der Waals surface area contributed by atoms with Gasteiger partial charge >= 0.3 is 6.09 Å². The van der Waals surface area contributed by atoms with Crippen LogP contribution in [0.25, 0.3) is 0 Å². The molecule has 1 aromatic carbocycles. The van der Waals surface area contributed by atoms with Gasteiger partial charge in [0.2, 0.25) is 10.0 Å². The molecule has 0 aliphatic rings. The van der Waals surface area contributed by atoms with E-state index in [4.69, 9.17) is 14.2 Å². The van der Waals surface area contributed by atoms with E-state index in [2.05, 4.69) is 5.32 Å². The average Bonchev–Trinajstić information content (AvgIpc) is 2.51. The van der Waals surface area contributed by atoms with Gasteiger partial charge in [0.05, 0.1) is 19.1 Å². The van der Waals surface area contributed by atoms with Crippen LogP contribution in [0, 0.1) is 0 Å². The van der Waals surface area contributed by atoms with E-state index in [-0.39, 0.29) is 11.4 Å². The topological polar surface area (TPSA) is 94.2 Å². The lowest BCUT2D eigenvalue weighted by Gasteiger charge is -2.25. The third-order valence-corrected chi connectivity index (χ3v) is 5.18. The summed E-state index contributed by atoms with van der Waals surface area (Å²) < 4.78 is 42.1. The number of rotatable bonds is 7. The monoisotopic (exact) mass is 388 g/mol. The third kappa shape index (κ3) is 6.06. The van der Waals surface area contributed by atoms with Crippen LogP contribution < -0.4 is 14.8 Å². The Balaban J connectivity index is 2.85. The molecule has 1 atom stereocenters. The van der Waals surface area contributed by atoms with Crippen molar-refractivity contribution in [2.75, 3.05) is 27.8 Å². The van der Waals surface area contributed by atoms with E-state index in [1.165, 1.54) is 39.5 Å². The van der Waals surface area contributed by atoms with E-state index >= 15 is 0 Å². The Morgan fingerprint density at radius 1 is 1.19 bits per heavy atom. The number of ether oxygens (including phenoxy) is 3. The smallest absolute Gasteiger partial charge is 0.407 e. The van der Waals surface area contributed by atoms with Crippen molar-refractivity contribution in [3.8, 4) is 11.5 Å². The van der Waals surface area contributed by atoms with E-state index in [0.717, 1.165) is 4.31 Å². The van der Waals surface area contributed by atoms with Crippen molar-refractivity contribution in [1.82, 2.24) is 9.62 Å². The Morgan fingerprint density at radius 3 is 2.27 bits per heavy atom. The van der Waals surface area contributed by atoms with Crippen molar-refractivity contribution in [1.29, 1.82) is 0 Å². The number of alkyl carbamates (subject to hydrolysis) is 1. The lowest BCUT2D eigenvalue weighted by atomic mass is 10.2. The minimum atomic E-state index is -3.76. The Hall–Kier alpha value is -2.00. The summed E-state index contributed by atoms with van der Waals surface area (Å²) in [6.45, 7) is 7.04. The first-order valence-electron chi connectivity index (χ1n) is 8.08. The van der Waals surface area contributed by atoms with E-state index < -0.39 is 27.8 Å². The second-order valence-corrected chi connectivity index (χ2v) is 8.89. The van der Waals surface area contributed by atoms with Crippen LogP contribution in [0.4, 0.5) is 4.79 Å². The van der Waals surface area contributed by atoms with Crippen LogP contribution in [0.2, 0.25) is 0 Å². The van der Waals surface area contributed by atoms with Gasteiger partial charge in [-0.2, -0.15) is 4.31 Å². The molecule has 8 nitrogen and oxygen atoms in total. The lowest BCUT2D eigenvalue weighted by molar-refractivity contribution is 0.0504. The number of nitrogens with zero attached hydrogens (tertiary/aromatic N) is 1. The highest BCUT2D eigenvalue weighted by molar-refractivity contribution is 7.89. The van der Waals surface area contributed by atoms with Crippen LogP contribution >= 0.6 is 0 Å². The van der Waals surface area contributed by atoms with Crippen LogP contribution in [0.15, 0.2) is 23.1 Å². The number of benzene rings is 1. The van der Waals surface area contributed by atoms with Gasteiger partial charge in [-0.05, 0) is 39.8 Å². The standard InChI is InChI=1S/C17H28N2O6S/c1-12(18-16(20)25-17(2,3)4)11-19(5)26(21,22)13-8-9-14(23-6)15(10-13)24-7/h8-10,12H,11H2,1-7H3,(H,18,20)/t12-/m0/s1. The molecule has 148 valence electrons. The van der Waals surface area contributed by atoms with Crippen LogP contribution in [0.3, 0.4) is 0 Å². The molecule has 0 aliphatic carbocycles. The van der Waals surface area contributed by atoms with Crippen molar-refractivity contribution < 1.29 is 27.4 Å². The quantitative estimate of drug-likeness (QED) is 0.770. The summed E-state index contributed by atoms with van der Waals surface area (Å²) in [6.07, 6.45) is -0.595. The molecule has 1 rings (SSSR count). The maximum Gasteiger partial charge on any atom is 0.407 e. The van der Waals surface area contributed by atoms with Crippen LogP contribution in [0.5, 0.6) is 11.5 Å². The fourth-order valence-electron chi connectivity index (χ4n) is 2.20. The first kappa shape index (κ1) is 22.0. The summed E-state index contributed by atoms with van der Waals surface area (Å²) in [7, 11) is 0.597. The molecule has 0 aliphatic heterocycles. The van der Waals surface area contributed by atoms with Crippen molar-refractivity contribution >= 4 is 16.1 Å². The number of amides is 1. The number of carbonyl (C=O) groups is 1. The van der Waals surface area contributed by atoms with Crippen molar-refractivity contribution in [2.24, 2.45) is 0 Å². The largest absolute Gasteiger partial charge is 0.493 e. The predicted molar refractivity (Wildman–Crippen MR) is 98.2 cm³/mol. The second-order valence-electron chi connectivity index (χ2n) is 6.85. The number of hydrogen-bond donors (Lipinski definition) is 1. The van der Waals surface area contributed by atoms with Gasteiger partial charge in [0, 0.05) is 25.7 Å². The molecule has 1 amide bonds. The van der Waals surface area contributed by atoms with E-state index in [0.29, 0.717) is 11.5 Å². The Labute approximate surface area is 155 Å². The molecule has 1 N–H and O–H groups in total. The highest BCUT2D eigenvalue weighted by Gasteiger charge is 2.25. The van der Waals surface area contributed by atoms with Gasteiger partial charge in [-0.3, -0.25) is 0 Å². The molecule has 0 saturated carbocycles. The Kier molecular flexibility index (Phi) is 7.28. The molecular formula is C17H28N2O6S. The second kappa shape index (κ2) is 8.59. The molecule has 0 heterocycles. The summed E-state index contributed by atoms with van der Waals surface area (Å²) in [5.74, 6) is 0.760. The first-order chi connectivity index (χ1) is 11.9. The number of hydrogen-bond acceptors (Lipinski definition) is 6. The normalized spacial score (nSPS) is 13.2. The number of sulfonamides is 1. The maximum atomic E-state index is 12.7. The molecule has 9 heteroatoms. The number of likely N-dealkylation sites (N-methyl/N-ethyl adjacent to an activating group) is 1. The van der Waals surface area contributed by atoms with Gasteiger partial charge in [0.15, 0.2) is 11.5 Å². The van der Waals surface area contributed by atoms with E-state index in [1.807, 2.05) is 0 Å². The zero-order chi connectivity index (χ0) is 20.1. The van der Waals surface area contributed by atoms with Gasteiger partial charge in [-0.1, -0.05) is 0 Å². The van der Waals surface area contributed by atoms with E-state index in [9.17, 15) is 13.2 Å². The minimum absolute atomic E-state index is 0.0714. The molecule has 0 spiro atoms. The molecular weight excluding hydrogens is 360 g/mol. The summed E-state index contributed by atoms with van der Waals surface area (Å²) >= 11 is 0. The predicted octanol–water partition coefficient (Wildman–Crippen LogP) is 2.24. The number of carbonyl (C=O) groups excluding carboxylic acids is 1. The molecule has 1 aromatic rings. The first-order valence-corrected chi connectivity index (χ1v) is 9.52. The third-order valence-electron chi connectivity index (χ3n) is 3.36. The maximum absolute atomic E-state index is 12.7. The number of nitrogens with one attached hydrogen (secondary N) is 1. The van der Waals surface area contributed by atoms with Gasteiger partial charge in [-0.25, -0.2) is 13.2 Å². The lowest BCUT2D eigenvalue weighted by Crippen LogP contribution is -2.44. The van der Waals surface area contributed by atoms with Gasteiger partial charge < -0.3 is 19.5 Å². The van der Waals surface area contributed by atoms with Gasteiger partial charge in [0.25, 0.3) is 0 Å². The summed E-state index contributed by atoms with van der Waals surface area (Å²) in [5, 5.41) is 2.62. The molecule has 26 heavy (non-hydrogen) atoms. The highest BCUT2D eigenvalue weighted by Crippen LogP contribution is 2.30. The van der Waals surface area contributed by atoms with Crippen molar-refractivity contribution in [3.05, 3.63) is 18.2 Å². The molecule has 0 bridgehead atoms. The molecule has 0 radical (unpaired) electrons. The summed E-state index contributed by atoms with van der Waals surface area (Å²) in [6, 6.07) is 3.93. The van der Waals surface area contributed by atoms with Crippen molar-refractivity contribution in [2.45, 2.75) is 44.2 Å². The average molecular weight is 388 g/mol. The summed E-state index contributed by atoms with van der Waals surface area (Å²) in [5.41, 5.74) is -0.624. The Bertz CT molecular complexity index is 727. The molecule has 0 saturated heterocycles. The Morgan fingerprint density at radius 2 is 1.77 bits per heavy atom. The van der Waals surface area contributed by atoms with Crippen LogP contribution in [0.1, 0.15) is 27.7 Å². The van der Waals surface area contributed by atoms with Gasteiger partial charge in [-0.15, -0.1) is 0 Å².